The molecule has 0 saturated carbocycles. The molecule has 2 rings (SSSR count). The molecular weight excluding hydrogens is 270 g/mol. The first kappa shape index (κ1) is 14.6. The summed E-state index contributed by atoms with van der Waals surface area (Å²) in [5, 5.41) is 0. The number of carbonyl (C=O) groups excluding carboxylic acids is 1. The van der Waals surface area contributed by atoms with Gasteiger partial charge in [-0.15, -0.1) is 0 Å². The molecule has 1 N–H and O–H groups in total. The number of benzene rings is 2. The van der Waals surface area contributed by atoms with Crippen LogP contribution in [0.3, 0.4) is 0 Å². The van der Waals surface area contributed by atoms with Gasteiger partial charge < -0.3 is 0 Å². The topological polar surface area (TPSA) is 38.3 Å². The number of hydrogen-bond donors (Lipinski definition) is 1. The number of amides is 1. The van der Waals surface area contributed by atoms with Gasteiger partial charge in [0, 0.05) is 11.3 Å². The molecular formula is C16H17NO2S. The van der Waals surface area contributed by atoms with Gasteiger partial charge in [-0.3, -0.25) is 9.63 Å². The van der Waals surface area contributed by atoms with Crippen molar-refractivity contribution in [1.29, 1.82) is 0 Å². The van der Waals surface area contributed by atoms with Gasteiger partial charge in [-0.2, -0.15) is 11.8 Å². The SMILES string of the molecule is CSCc1ccc(C(=O)NOCc2ccccc2)cc1. The van der Waals surface area contributed by atoms with Gasteiger partial charge in [0.15, 0.2) is 0 Å². The van der Waals surface area contributed by atoms with E-state index in [0.29, 0.717) is 12.2 Å². The lowest BCUT2D eigenvalue weighted by Gasteiger charge is -2.06. The molecule has 20 heavy (non-hydrogen) atoms. The van der Waals surface area contributed by atoms with Crippen LogP contribution in [0.1, 0.15) is 21.5 Å². The summed E-state index contributed by atoms with van der Waals surface area (Å²) in [6, 6.07) is 17.3. The second-order valence-electron chi connectivity index (χ2n) is 4.34. The number of carbonyl (C=O) groups is 1. The van der Waals surface area contributed by atoms with Gasteiger partial charge in [0.2, 0.25) is 0 Å². The van der Waals surface area contributed by atoms with Crippen molar-refractivity contribution in [1.82, 2.24) is 5.48 Å². The Balaban J connectivity index is 1.82. The molecule has 0 fully saturated rings. The maximum absolute atomic E-state index is 11.9. The summed E-state index contributed by atoms with van der Waals surface area (Å²) >= 11 is 1.76. The Morgan fingerprint density at radius 1 is 1.05 bits per heavy atom. The summed E-state index contributed by atoms with van der Waals surface area (Å²) < 4.78 is 0. The first-order valence-corrected chi connectivity index (χ1v) is 7.73. The van der Waals surface area contributed by atoms with Crippen LogP contribution in [0.4, 0.5) is 0 Å². The summed E-state index contributed by atoms with van der Waals surface area (Å²) in [4.78, 5) is 17.1. The van der Waals surface area contributed by atoms with Crippen molar-refractivity contribution in [2.75, 3.05) is 6.26 Å². The first-order valence-electron chi connectivity index (χ1n) is 6.33. The number of rotatable bonds is 6. The predicted molar refractivity (Wildman–Crippen MR) is 82.4 cm³/mol. The van der Waals surface area contributed by atoms with Crippen molar-refractivity contribution in [3.05, 3.63) is 71.3 Å². The molecule has 104 valence electrons. The number of hydroxylamine groups is 1. The Morgan fingerprint density at radius 2 is 1.75 bits per heavy atom. The Labute approximate surface area is 123 Å². The van der Waals surface area contributed by atoms with Gasteiger partial charge in [0.25, 0.3) is 5.91 Å². The van der Waals surface area contributed by atoms with E-state index in [9.17, 15) is 4.79 Å². The van der Waals surface area contributed by atoms with Crippen LogP contribution >= 0.6 is 11.8 Å². The Bertz CT molecular complexity index is 540. The molecule has 1 amide bonds. The fraction of sp³-hybridized carbons (Fsp3) is 0.188. The number of thioether (sulfide) groups is 1. The van der Waals surface area contributed by atoms with E-state index in [2.05, 4.69) is 11.7 Å². The molecule has 2 aromatic carbocycles. The van der Waals surface area contributed by atoms with Crippen molar-refractivity contribution in [3.63, 3.8) is 0 Å². The lowest BCUT2D eigenvalue weighted by atomic mass is 10.1. The molecule has 0 saturated heterocycles. The van der Waals surface area contributed by atoms with E-state index in [0.717, 1.165) is 11.3 Å². The average Bonchev–Trinajstić information content (AvgIpc) is 2.49. The third-order valence-electron chi connectivity index (χ3n) is 2.77. The monoisotopic (exact) mass is 287 g/mol. The summed E-state index contributed by atoms with van der Waals surface area (Å²) in [5.41, 5.74) is 5.28. The summed E-state index contributed by atoms with van der Waals surface area (Å²) in [6.07, 6.45) is 2.05. The van der Waals surface area contributed by atoms with Crippen LogP contribution in [-0.2, 0) is 17.2 Å². The lowest BCUT2D eigenvalue weighted by Crippen LogP contribution is -2.23. The Morgan fingerprint density at radius 3 is 2.40 bits per heavy atom. The van der Waals surface area contributed by atoms with E-state index >= 15 is 0 Å². The minimum absolute atomic E-state index is 0.225. The molecule has 0 aliphatic rings. The van der Waals surface area contributed by atoms with E-state index in [4.69, 9.17) is 4.84 Å². The highest BCUT2D eigenvalue weighted by molar-refractivity contribution is 7.97. The minimum Gasteiger partial charge on any atom is -0.269 e. The van der Waals surface area contributed by atoms with Gasteiger partial charge >= 0.3 is 0 Å². The molecule has 3 nitrogen and oxygen atoms in total. The zero-order valence-electron chi connectivity index (χ0n) is 11.3. The molecule has 0 unspecified atom stereocenters. The van der Waals surface area contributed by atoms with E-state index in [-0.39, 0.29) is 5.91 Å². The summed E-state index contributed by atoms with van der Waals surface area (Å²) in [6.45, 7) is 0.358. The predicted octanol–water partition coefficient (Wildman–Crippen LogP) is 3.41. The number of hydrogen-bond acceptors (Lipinski definition) is 3. The highest BCUT2D eigenvalue weighted by atomic mass is 32.2. The van der Waals surface area contributed by atoms with Gasteiger partial charge in [-0.05, 0) is 29.5 Å². The van der Waals surface area contributed by atoms with Crippen molar-refractivity contribution >= 4 is 17.7 Å². The van der Waals surface area contributed by atoms with Gasteiger partial charge in [-0.1, -0.05) is 42.5 Å². The van der Waals surface area contributed by atoms with E-state index < -0.39 is 0 Å². The molecule has 2 aromatic rings. The summed E-state index contributed by atoms with van der Waals surface area (Å²) in [7, 11) is 0. The van der Waals surface area contributed by atoms with Crippen LogP contribution in [0, 0.1) is 0 Å². The van der Waals surface area contributed by atoms with Crippen molar-refractivity contribution in [3.8, 4) is 0 Å². The lowest BCUT2D eigenvalue weighted by molar-refractivity contribution is 0.0233. The van der Waals surface area contributed by atoms with Crippen molar-refractivity contribution in [2.45, 2.75) is 12.4 Å². The molecule has 0 aliphatic heterocycles. The standard InChI is InChI=1S/C16H17NO2S/c1-20-12-14-7-9-15(10-8-14)16(18)17-19-11-13-5-3-2-4-6-13/h2-10H,11-12H2,1H3,(H,17,18). The summed E-state index contributed by atoms with van der Waals surface area (Å²) in [5.74, 6) is 0.725. The smallest absolute Gasteiger partial charge is 0.269 e. The molecule has 0 radical (unpaired) electrons. The van der Waals surface area contributed by atoms with Crippen molar-refractivity contribution < 1.29 is 9.63 Å². The van der Waals surface area contributed by atoms with Crippen LogP contribution in [0.2, 0.25) is 0 Å². The van der Waals surface area contributed by atoms with Crippen LogP contribution in [0.15, 0.2) is 54.6 Å². The molecule has 0 heterocycles. The van der Waals surface area contributed by atoms with Crippen LogP contribution < -0.4 is 5.48 Å². The largest absolute Gasteiger partial charge is 0.274 e. The second-order valence-corrected chi connectivity index (χ2v) is 5.20. The van der Waals surface area contributed by atoms with Crippen LogP contribution in [-0.4, -0.2) is 12.2 Å². The average molecular weight is 287 g/mol. The fourth-order valence-electron chi connectivity index (χ4n) is 1.74. The third-order valence-corrected chi connectivity index (χ3v) is 3.40. The molecule has 0 bridgehead atoms. The van der Waals surface area contributed by atoms with Gasteiger partial charge in [0.05, 0.1) is 6.61 Å². The maximum Gasteiger partial charge on any atom is 0.274 e. The van der Waals surface area contributed by atoms with Gasteiger partial charge in [0.1, 0.15) is 0 Å². The normalized spacial score (nSPS) is 10.2. The maximum atomic E-state index is 11.9. The second kappa shape index (κ2) is 7.72. The third kappa shape index (κ3) is 4.40. The Hall–Kier alpha value is -1.78. The first-order chi connectivity index (χ1) is 9.79. The molecule has 0 spiro atoms. The van der Waals surface area contributed by atoms with Crippen molar-refractivity contribution in [2.24, 2.45) is 0 Å². The highest BCUT2D eigenvalue weighted by Crippen LogP contribution is 2.10. The molecule has 4 heteroatoms. The van der Waals surface area contributed by atoms with Gasteiger partial charge in [-0.25, -0.2) is 5.48 Å². The minimum atomic E-state index is -0.225. The fourth-order valence-corrected chi connectivity index (χ4v) is 2.26. The Kier molecular flexibility index (Phi) is 5.65. The number of nitrogens with one attached hydrogen (secondary N) is 1. The molecule has 0 aromatic heterocycles. The van der Waals surface area contributed by atoms with E-state index in [1.54, 1.807) is 11.8 Å². The van der Waals surface area contributed by atoms with E-state index in [1.807, 2.05) is 54.6 Å². The zero-order chi connectivity index (χ0) is 14.2. The zero-order valence-corrected chi connectivity index (χ0v) is 12.2. The quantitative estimate of drug-likeness (QED) is 0.827. The van der Waals surface area contributed by atoms with E-state index in [1.165, 1.54) is 5.56 Å². The molecule has 0 atom stereocenters. The highest BCUT2D eigenvalue weighted by Gasteiger charge is 2.05. The van der Waals surface area contributed by atoms with Crippen LogP contribution in [0.25, 0.3) is 0 Å². The molecule has 0 aliphatic carbocycles. The van der Waals surface area contributed by atoms with Crippen LogP contribution in [0.5, 0.6) is 0 Å².